The van der Waals surface area contributed by atoms with Crippen molar-refractivity contribution in [2.45, 2.75) is 57.6 Å². The molecule has 0 saturated carbocycles. The molecule has 19 heavy (non-hydrogen) atoms. The molecule has 2 rings (SSSR count). The molecule has 7 heteroatoms. The van der Waals surface area contributed by atoms with Crippen LogP contribution < -0.4 is 0 Å². The topological polar surface area (TPSA) is 105 Å². The van der Waals surface area contributed by atoms with Crippen LogP contribution >= 0.6 is 0 Å². The van der Waals surface area contributed by atoms with Gasteiger partial charge in [0.1, 0.15) is 24.1 Å². The van der Waals surface area contributed by atoms with E-state index >= 15 is 0 Å². The second-order valence-electron chi connectivity index (χ2n) is 4.81. The smallest absolute Gasteiger partial charge is 0.241 e. The van der Waals surface area contributed by atoms with Crippen molar-refractivity contribution in [2.75, 3.05) is 0 Å². The van der Waals surface area contributed by atoms with Gasteiger partial charge in [-0.05, 0) is 20.8 Å². The van der Waals surface area contributed by atoms with Crippen molar-refractivity contribution in [1.29, 1.82) is 0 Å². The molecule has 6 atom stereocenters. The normalized spacial score (nSPS) is 43.4. The molecule has 0 aromatic rings. The summed E-state index contributed by atoms with van der Waals surface area (Å²) in [5, 5.41) is 29.0. The summed E-state index contributed by atoms with van der Waals surface area (Å²) in [6, 6.07) is 0. The molecule has 0 aromatic carbocycles. The number of ether oxygens (including phenoxy) is 3. The minimum Gasteiger partial charge on any atom is -0.483 e. The molecular weight excluding hydrogens is 256 g/mol. The number of rotatable bonds is 2. The lowest BCUT2D eigenvalue weighted by Gasteiger charge is -2.38. The first kappa shape index (κ1) is 14.3. The number of carbonyl (C=O) groups is 1. The van der Waals surface area contributed by atoms with Crippen molar-refractivity contribution in [2.24, 2.45) is 0 Å². The number of hydrogen-bond acceptors (Lipinski definition) is 7. The van der Waals surface area contributed by atoms with Crippen LogP contribution in [0.2, 0.25) is 0 Å². The summed E-state index contributed by atoms with van der Waals surface area (Å²) in [5.74, 6) is -0.0598. The highest BCUT2D eigenvalue weighted by molar-refractivity contribution is 5.99. The maximum Gasteiger partial charge on any atom is 0.241 e. The van der Waals surface area contributed by atoms with E-state index in [9.17, 15) is 20.1 Å². The number of allylic oxidation sites excluding steroid dienone is 1. The van der Waals surface area contributed by atoms with Crippen molar-refractivity contribution in [3.05, 3.63) is 11.5 Å². The van der Waals surface area contributed by atoms with Crippen LogP contribution in [0.5, 0.6) is 0 Å². The Labute approximate surface area is 110 Å². The van der Waals surface area contributed by atoms with Gasteiger partial charge in [0.2, 0.25) is 17.8 Å². The van der Waals surface area contributed by atoms with E-state index in [1.165, 1.54) is 6.92 Å². The van der Waals surface area contributed by atoms with Crippen molar-refractivity contribution in [1.82, 2.24) is 0 Å². The second kappa shape index (κ2) is 5.09. The number of aliphatic hydroxyl groups is 3. The lowest BCUT2D eigenvalue weighted by Crippen LogP contribution is -2.57. The van der Waals surface area contributed by atoms with Crippen LogP contribution in [0.4, 0.5) is 0 Å². The van der Waals surface area contributed by atoms with Gasteiger partial charge in [-0.1, -0.05) is 0 Å². The number of hydrogen-bond donors (Lipinski definition) is 3. The van der Waals surface area contributed by atoms with E-state index in [2.05, 4.69) is 0 Å². The number of carbonyl (C=O) groups excluding carboxylic acids is 1. The van der Waals surface area contributed by atoms with Gasteiger partial charge in [-0.3, -0.25) is 4.79 Å². The molecule has 0 radical (unpaired) electrons. The minimum atomic E-state index is -1.45. The van der Waals surface area contributed by atoms with Gasteiger partial charge >= 0.3 is 0 Å². The molecule has 108 valence electrons. The molecule has 0 aliphatic carbocycles. The molecule has 1 fully saturated rings. The summed E-state index contributed by atoms with van der Waals surface area (Å²) >= 11 is 0. The van der Waals surface area contributed by atoms with Gasteiger partial charge in [0.25, 0.3) is 0 Å². The molecule has 0 aromatic heterocycles. The van der Waals surface area contributed by atoms with Crippen LogP contribution in [0.25, 0.3) is 0 Å². The van der Waals surface area contributed by atoms with Crippen LogP contribution in [-0.4, -0.2) is 57.9 Å². The third kappa shape index (κ3) is 2.46. The molecule has 2 aliphatic heterocycles. The van der Waals surface area contributed by atoms with Gasteiger partial charge in [-0.25, -0.2) is 0 Å². The van der Waals surface area contributed by atoms with Crippen LogP contribution in [0.1, 0.15) is 20.8 Å². The van der Waals surface area contributed by atoms with Crippen molar-refractivity contribution in [3.63, 3.8) is 0 Å². The Morgan fingerprint density at radius 2 is 1.74 bits per heavy atom. The van der Waals surface area contributed by atoms with E-state index in [1.807, 2.05) is 0 Å². The van der Waals surface area contributed by atoms with Crippen molar-refractivity contribution in [3.8, 4) is 0 Å². The monoisotopic (exact) mass is 274 g/mol. The molecule has 2 aliphatic rings. The zero-order valence-electron chi connectivity index (χ0n) is 10.9. The van der Waals surface area contributed by atoms with Crippen molar-refractivity contribution < 1.29 is 34.3 Å². The first-order valence-electron chi connectivity index (χ1n) is 6.11. The maximum atomic E-state index is 11.8. The predicted molar refractivity (Wildman–Crippen MR) is 61.7 cm³/mol. The number of ketones is 1. The average molecular weight is 274 g/mol. The predicted octanol–water partition coefficient (Wildman–Crippen LogP) is -0.950. The first-order chi connectivity index (χ1) is 8.82. The molecule has 3 N–H and O–H groups in total. The molecule has 0 bridgehead atoms. The molecule has 1 saturated heterocycles. The van der Waals surface area contributed by atoms with E-state index in [4.69, 9.17) is 14.2 Å². The van der Waals surface area contributed by atoms with Crippen LogP contribution in [-0.2, 0) is 19.0 Å². The molecule has 0 amide bonds. The SMILES string of the molecule is CC1=C(O[C@H]2O[C@@H](C)[C@@H](O)[C@@H](O)[C@@H]2O)C(=O)[C@H](C)O1. The molecule has 7 nitrogen and oxygen atoms in total. The third-order valence-electron chi connectivity index (χ3n) is 3.31. The quantitative estimate of drug-likeness (QED) is 0.596. The minimum absolute atomic E-state index is 0.0210. The van der Waals surface area contributed by atoms with E-state index in [0.717, 1.165) is 0 Å². The Balaban J connectivity index is 2.11. The summed E-state index contributed by atoms with van der Waals surface area (Å²) in [4.78, 5) is 11.8. The molecular formula is C12H18O7. The Bertz CT molecular complexity index is 405. The summed E-state index contributed by atoms with van der Waals surface area (Å²) in [6.07, 6.45) is -6.64. The van der Waals surface area contributed by atoms with E-state index in [0.29, 0.717) is 5.76 Å². The Morgan fingerprint density at radius 1 is 1.11 bits per heavy atom. The largest absolute Gasteiger partial charge is 0.483 e. The number of Topliss-reactive ketones (excluding diaryl/α,β-unsaturated/α-hetero) is 1. The highest BCUT2D eigenvalue weighted by atomic mass is 16.7. The van der Waals surface area contributed by atoms with Crippen LogP contribution in [0.15, 0.2) is 11.5 Å². The van der Waals surface area contributed by atoms with Gasteiger partial charge < -0.3 is 29.5 Å². The zero-order valence-corrected chi connectivity index (χ0v) is 10.9. The van der Waals surface area contributed by atoms with Gasteiger partial charge in [-0.2, -0.15) is 0 Å². The summed E-state index contributed by atoms with van der Waals surface area (Å²) in [7, 11) is 0. The second-order valence-corrected chi connectivity index (χ2v) is 4.81. The zero-order chi connectivity index (χ0) is 14.3. The Hall–Kier alpha value is -1.15. The number of aliphatic hydroxyl groups excluding tert-OH is 3. The Kier molecular flexibility index (Phi) is 3.82. The standard InChI is InChI=1S/C12H18O7/c1-4-7(13)9(15)10(16)12(18-4)19-11-6(3)17-5(2)8(11)14/h4-5,7,9-10,12-13,15-16H,1-3H3/t4-,5-,7+,9+,10-,12+/m0/s1. The molecule has 0 unspecified atom stereocenters. The van der Waals surface area contributed by atoms with E-state index in [1.54, 1.807) is 13.8 Å². The summed E-state index contributed by atoms with van der Waals surface area (Å²) < 4.78 is 15.8. The molecule has 0 spiro atoms. The van der Waals surface area contributed by atoms with Crippen LogP contribution in [0, 0.1) is 0 Å². The van der Waals surface area contributed by atoms with E-state index in [-0.39, 0.29) is 11.5 Å². The van der Waals surface area contributed by atoms with Gasteiger partial charge in [0, 0.05) is 0 Å². The summed E-state index contributed by atoms with van der Waals surface area (Å²) in [5.41, 5.74) is 0. The fraction of sp³-hybridized carbons (Fsp3) is 0.750. The van der Waals surface area contributed by atoms with Gasteiger partial charge in [0.05, 0.1) is 6.10 Å². The van der Waals surface area contributed by atoms with Gasteiger partial charge in [0.15, 0.2) is 6.10 Å². The fourth-order valence-corrected chi connectivity index (χ4v) is 2.10. The van der Waals surface area contributed by atoms with Crippen molar-refractivity contribution >= 4 is 5.78 Å². The van der Waals surface area contributed by atoms with Gasteiger partial charge in [-0.15, -0.1) is 0 Å². The lowest BCUT2D eigenvalue weighted by molar-refractivity contribution is -0.282. The lowest BCUT2D eigenvalue weighted by atomic mass is 10.00. The third-order valence-corrected chi connectivity index (χ3v) is 3.31. The Morgan fingerprint density at radius 3 is 2.26 bits per heavy atom. The first-order valence-corrected chi connectivity index (χ1v) is 6.11. The fourth-order valence-electron chi connectivity index (χ4n) is 2.10. The highest BCUT2D eigenvalue weighted by Crippen LogP contribution is 2.28. The van der Waals surface area contributed by atoms with E-state index < -0.39 is 36.8 Å². The molecule has 2 heterocycles. The summed E-state index contributed by atoms with van der Waals surface area (Å²) in [6.45, 7) is 4.69. The average Bonchev–Trinajstić information content (AvgIpc) is 2.60. The highest BCUT2D eigenvalue weighted by Gasteiger charge is 2.45. The van der Waals surface area contributed by atoms with Crippen LogP contribution in [0.3, 0.4) is 0 Å². The maximum absolute atomic E-state index is 11.8.